The van der Waals surface area contributed by atoms with Crippen LogP contribution in [0.4, 0.5) is 4.79 Å². The smallest absolute Gasteiger partial charge is 0.317 e. The standard InChI is InChI=1S/C19H29N7O2S/c1-4-25(5-2)18(27)20-8-15-16-10-28-19(12-26(16)23-22-15)6-7-24(11-19)9-17-14(3)21-13-29-17/h13H,4-12H2,1-3H3,(H,20,27). The molecule has 2 aromatic heterocycles. The Bertz CT molecular complexity index is 863. The van der Waals surface area contributed by atoms with Crippen LogP contribution < -0.4 is 5.32 Å². The number of ether oxygens (including phenoxy) is 1. The van der Waals surface area contributed by atoms with E-state index in [0.29, 0.717) is 32.8 Å². The van der Waals surface area contributed by atoms with E-state index in [1.807, 2.05) is 24.0 Å². The number of nitrogens with one attached hydrogen (secondary N) is 1. The normalized spacial score (nSPS) is 21.5. The molecule has 10 heteroatoms. The van der Waals surface area contributed by atoms with E-state index in [1.54, 1.807) is 16.2 Å². The number of urea groups is 1. The molecule has 1 spiro atoms. The van der Waals surface area contributed by atoms with Gasteiger partial charge < -0.3 is 15.0 Å². The molecule has 4 heterocycles. The van der Waals surface area contributed by atoms with Crippen molar-refractivity contribution in [2.75, 3.05) is 26.2 Å². The van der Waals surface area contributed by atoms with Crippen molar-refractivity contribution in [3.63, 3.8) is 0 Å². The largest absolute Gasteiger partial charge is 0.365 e. The molecular weight excluding hydrogens is 390 g/mol. The summed E-state index contributed by atoms with van der Waals surface area (Å²) < 4.78 is 8.31. The number of aromatic nitrogens is 4. The summed E-state index contributed by atoms with van der Waals surface area (Å²) in [6, 6.07) is -0.0743. The van der Waals surface area contributed by atoms with E-state index in [4.69, 9.17) is 4.74 Å². The summed E-state index contributed by atoms with van der Waals surface area (Å²) >= 11 is 1.72. The molecule has 2 aliphatic heterocycles. The lowest BCUT2D eigenvalue weighted by Crippen LogP contribution is -2.44. The van der Waals surface area contributed by atoms with Crippen molar-refractivity contribution in [3.05, 3.63) is 27.5 Å². The van der Waals surface area contributed by atoms with Gasteiger partial charge in [-0.15, -0.1) is 16.4 Å². The van der Waals surface area contributed by atoms with E-state index in [2.05, 4.69) is 32.4 Å². The fourth-order valence-electron chi connectivity index (χ4n) is 4.10. The zero-order valence-corrected chi connectivity index (χ0v) is 18.2. The predicted molar refractivity (Wildman–Crippen MR) is 109 cm³/mol. The Labute approximate surface area is 175 Å². The second-order valence-electron chi connectivity index (χ2n) is 7.76. The Kier molecular flexibility index (Phi) is 5.84. The number of rotatable bonds is 6. The van der Waals surface area contributed by atoms with Crippen LogP contribution in [-0.2, 0) is 31.0 Å². The summed E-state index contributed by atoms with van der Waals surface area (Å²) in [7, 11) is 0. The van der Waals surface area contributed by atoms with Crippen LogP contribution >= 0.6 is 11.3 Å². The molecule has 0 saturated carbocycles. The third kappa shape index (κ3) is 4.15. The number of likely N-dealkylation sites (tertiary alicyclic amines) is 1. The first-order valence-electron chi connectivity index (χ1n) is 10.2. The lowest BCUT2D eigenvalue weighted by Gasteiger charge is -2.34. The van der Waals surface area contributed by atoms with Gasteiger partial charge in [-0.3, -0.25) is 4.90 Å². The molecule has 0 bridgehead atoms. The number of carbonyl (C=O) groups excluding carboxylic acids is 1. The topological polar surface area (TPSA) is 88.4 Å². The van der Waals surface area contributed by atoms with Gasteiger partial charge >= 0.3 is 6.03 Å². The number of amides is 2. The van der Waals surface area contributed by atoms with Gasteiger partial charge in [-0.2, -0.15) is 0 Å². The van der Waals surface area contributed by atoms with E-state index in [0.717, 1.165) is 43.1 Å². The summed E-state index contributed by atoms with van der Waals surface area (Å²) in [5.41, 5.74) is 4.58. The minimum Gasteiger partial charge on any atom is -0.365 e. The van der Waals surface area contributed by atoms with Crippen LogP contribution in [0.1, 0.15) is 42.2 Å². The highest BCUT2D eigenvalue weighted by atomic mass is 32.1. The lowest BCUT2D eigenvalue weighted by molar-refractivity contribution is -0.0844. The highest BCUT2D eigenvalue weighted by molar-refractivity contribution is 7.09. The minimum atomic E-state index is -0.207. The van der Waals surface area contributed by atoms with Crippen molar-refractivity contribution >= 4 is 17.4 Å². The minimum absolute atomic E-state index is 0.0743. The molecule has 1 saturated heterocycles. The Morgan fingerprint density at radius 3 is 2.93 bits per heavy atom. The number of hydrogen-bond acceptors (Lipinski definition) is 7. The highest BCUT2D eigenvalue weighted by Gasteiger charge is 2.43. The molecule has 9 nitrogen and oxygen atoms in total. The van der Waals surface area contributed by atoms with Gasteiger partial charge in [0, 0.05) is 37.6 Å². The maximum atomic E-state index is 12.2. The summed E-state index contributed by atoms with van der Waals surface area (Å²) in [4.78, 5) is 22.0. The molecule has 0 aromatic carbocycles. The number of carbonyl (C=O) groups is 1. The van der Waals surface area contributed by atoms with Crippen molar-refractivity contribution in [1.29, 1.82) is 0 Å². The average molecular weight is 420 g/mol. The van der Waals surface area contributed by atoms with E-state index < -0.39 is 0 Å². The van der Waals surface area contributed by atoms with Crippen molar-refractivity contribution in [3.8, 4) is 0 Å². The second-order valence-corrected chi connectivity index (χ2v) is 8.70. The summed E-state index contributed by atoms with van der Waals surface area (Å²) in [5, 5.41) is 11.6. The molecule has 2 aromatic rings. The van der Waals surface area contributed by atoms with E-state index in [1.165, 1.54) is 4.88 Å². The van der Waals surface area contributed by atoms with Crippen molar-refractivity contribution in [1.82, 2.24) is 35.1 Å². The number of aryl methyl sites for hydroxylation is 1. The van der Waals surface area contributed by atoms with Gasteiger partial charge in [-0.1, -0.05) is 5.21 Å². The first kappa shape index (κ1) is 20.2. The summed E-state index contributed by atoms with van der Waals surface area (Å²) in [6.07, 6.45) is 0.984. The third-order valence-electron chi connectivity index (χ3n) is 5.94. The Morgan fingerprint density at radius 2 is 2.21 bits per heavy atom. The highest BCUT2D eigenvalue weighted by Crippen LogP contribution is 2.33. The van der Waals surface area contributed by atoms with Crippen LogP contribution in [0.3, 0.4) is 0 Å². The second kappa shape index (κ2) is 8.37. The monoisotopic (exact) mass is 419 g/mol. The fraction of sp³-hybridized carbons (Fsp3) is 0.684. The van der Waals surface area contributed by atoms with Gasteiger partial charge in [0.05, 0.1) is 36.6 Å². The quantitative estimate of drug-likeness (QED) is 0.768. The first-order valence-corrected chi connectivity index (χ1v) is 11.1. The predicted octanol–water partition coefficient (Wildman–Crippen LogP) is 1.77. The molecule has 29 heavy (non-hydrogen) atoms. The van der Waals surface area contributed by atoms with E-state index in [-0.39, 0.29) is 11.6 Å². The van der Waals surface area contributed by atoms with Gasteiger partial charge in [0.2, 0.25) is 0 Å². The molecule has 1 fully saturated rings. The Balaban J connectivity index is 1.36. The van der Waals surface area contributed by atoms with Gasteiger partial charge in [0.25, 0.3) is 0 Å². The number of nitrogens with zero attached hydrogens (tertiary/aromatic N) is 6. The first-order chi connectivity index (χ1) is 14.0. The van der Waals surface area contributed by atoms with Gasteiger partial charge in [0.1, 0.15) is 11.3 Å². The molecule has 1 atom stereocenters. The van der Waals surface area contributed by atoms with Crippen LogP contribution in [0.15, 0.2) is 5.51 Å². The third-order valence-corrected chi connectivity index (χ3v) is 6.86. The average Bonchev–Trinajstić information content (AvgIpc) is 3.41. The van der Waals surface area contributed by atoms with Crippen LogP contribution in [-0.4, -0.2) is 67.6 Å². The van der Waals surface area contributed by atoms with Gasteiger partial charge in [-0.05, 0) is 27.2 Å². The van der Waals surface area contributed by atoms with Gasteiger partial charge in [0.15, 0.2) is 0 Å². The number of fused-ring (bicyclic) bond motifs is 1. The van der Waals surface area contributed by atoms with E-state index in [9.17, 15) is 4.79 Å². The molecular formula is C19H29N7O2S. The van der Waals surface area contributed by atoms with Crippen LogP contribution in [0.5, 0.6) is 0 Å². The molecule has 2 amide bonds. The van der Waals surface area contributed by atoms with Crippen LogP contribution in [0, 0.1) is 6.92 Å². The molecule has 1 N–H and O–H groups in total. The lowest BCUT2D eigenvalue weighted by atomic mass is 10.0. The van der Waals surface area contributed by atoms with Crippen LogP contribution in [0.25, 0.3) is 0 Å². The molecule has 4 rings (SSSR count). The summed E-state index contributed by atoms with van der Waals surface area (Å²) in [6.45, 7) is 11.8. The van der Waals surface area contributed by atoms with Gasteiger partial charge in [-0.25, -0.2) is 14.5 Å². The number of thiazole rings is 1. The summed E-state index contributed by atoms with van der Waals surface area (Å²) in [5.74, 6) is 0. The zero-order valence-electron chi connectivity index (χ0n) is 17.3. The molecule has 158 valence electrons. The number of hydrogen-bond donors (Lipinski definition) is 1. The molecule has 0 radical (unpaired) electrons. The van der Waals surface area contributed by atoms with Crippen molar-refractivity contribution in [2.45, 2.75) is 59.0 Å². The molecule has 2 aliphatic rings. The Morgan fingerprint density at radius 1 is 1.38 bits per heavy atom. The Hall–Kier alpha value is -2.04. The fourth-order valence-corrected chi connectivity index (χ4v) is 4.92. The zero-order chi connectivity index (χ0) is 20.4. The van der Waals surface area contributed by atoms with E-state index >= 15 is 0 Å². The van der Waals surface area contributed by atoms with Crippen molar-refractivity contribution < 1.29 is 9.53 Å². The SMILES string of the molecule is CCN(CC)C(=O)NCc1nnn2c1COC1(CCN(Cc3scnc3C)C1)C2. The maximum Gasteiger partial charge on any atom is 0.317 e. The molecule has 0 aliphatic carbocycles. The van der Waals surface area contributed by atoms with Crippen LogP contribution in [0.2, 0.25) is 0 Å². The maximum absolute atomic E-state index is 12.2. The van der Waals surface area contributed by atoms with Crippen molar-refractivity contribution in [2.24, 2.45) is 0 Å². The molecule has 1 unspecified atom stereocenters.